The molecule has 1 aliphatic heterocycles. The highest BCUT2D eigenvalue weighted by Gasteiger charge is 2.19. The van der Waals surface area contributed by atoms with Crippen LogP contribution in [0.25, 0.3) is 0 Å². The maximum atomic E-state index is 11.9. The largest absolute Gasteiger partial charge is 0.369 e. The maximum Gasteiger partial charge on any atom is 0.220 e. The van der Waals surface area contributed by atoms with Gasteiger partial charge in [0.25, 0.3) is 0 Å². The number of hydrogen-bond donors (Lipinski definition) is 1. The summed E-state index contributed by atoms with van der Waals surface area (Å²) in [4.78, 5) is 16.9. The van der Waals surface area contributed by atoms with Gasteiger partial charge < -0.3 is 10.2 Å². The highest BCUT2D eigenvalue weighted by Crippen LogP contribution is 2.27. The second-order valence-corrected chi connectivity index (χ2v) is 7.22. The van der Waals surface area contributed by atoms with Crippen LogP contribution in [0.15, 0.2) is 30.3 Å². The molecule has 0 atom stereocenters. The molecule has 1 amide bonds. The molecule has 132 valence electrons. The van der Waals surface area contributed by atoms with Gasteiger partial charge in [-0.15, -0.1) is 0 Å². The zero-order valence-corrected chi connectivity index (χ0v) is 14.8. The van der Waals surface area contributed by atoms with Gasteiger partial charge in [-0.2, -0.15) is 0 Å². The highest BCUT2D eigenvalue weighted by molar-refractivity contribution is 5.76. The molecule has 1 aliphatic carbocycles. The normalized spacial score (nSPS) is 19.6. The summed E-state index contributed by atoms with van der Waals surface area (Å²) in [6.07, 6.45) is 6.93. The first kappa shape index (κ1) is 17.3. The molecule has 0 aromatic heterocycles. The van der Waals surface area contributed by atoms with E-state index in [1.165, 1.54) is 31.4 Å². The van der Waals surface area contributed by atoms with Gasteiger partial charge in [0.05, 0.1) is 0 Å². The second-order valence-electron chi connectivity index (χ2n) is 7.22. The maximum absolute atomic E-state index is 11.9. The van der Waals surface area contributed by atoms with Gasteiger partial charge in [-0.05, 0) is 43.9 Å². The molecule has 0 spiro atoms. The fourth-order valence-corrected chi connectivity index (χ4v) is 3.95. The van der Waals surface area contributed by atoms with Gasteiger partial charge in [0, 0.05) is 44.8 Å². The summed E-state index contributed by atoms with van der Waals surface area (Å²) < 4.78 is 0. The van der Waals surface area contributed by atoms with Crippen LogP contribution in [-0.4, -0.2) is 50.1 Å². The van der Waals surface area contributed by atoms with Gasteiger partial charge >= 0.3 is 0 Å². The van der Waals surface area contributed by atoms with Crippen LogP contribution < -0.4 is 10.2 Å². The standard InChI is InChI=1S/C20H31N3O/c24-20(17-18-7-4-5-8-18)21-11-6-12-22-13-15-23(16-14-22)19-9-2-1-3-10-19/h1-3,9-10,18H,4-8,11-17H2,(H,21,24). The Balaban J connectivity index is 1.26. The molecule has 0 unspecified atom stereocenters. The van der Waals surface area contributed by atoms with Crippen LogP contribution in [0, 0.1) is 5.92 Å². The number of nitrogens with zero attached hydrogens (tertiary/aromatic N) is 2. The van der Waals surface area contributed by atoms with Crippen molar-refractivity contribution in [1.82, 2.24) is 10.2 Å². The van der Waals surface area contributed by atoms with E-state index in [4.69, 9.17) is 0 Å². The number of benzene rings is 1. The quantitative estimate of drug-likeness (QED) is 0.781. The number of nitrogens with one attached hydrogen (secondary N) is 1. The number of amides is 1. The molecule has 4 heteroatoms. The smallest absolute Gasteiger partial charge is 0.220 e. The molecule has 4 nitrogen and oxygen atoms in total. The van der Waals surface area contributed by atoms with E-state index in [1.54, 1.807) is 0 Å². The van der Waals surface area contributed by atoms with Crippen molar-refractivity contribution >= 4 is 11.6 Å². The van der Waals surface area contributed by atoms with Crippen LogP contribution in [0.2, 0.25) is 0 Å². The molecular weight excluding hydrogens is 298 g/mol. The molecule has 2 aliphatic rings. The molecule has 24 heavy (non-hydrogen) atoms. The predicted molar refractivity (Wildman–Crippen MR) is 99.3 cm³/mol. The highest BCUT2D eigenvalue weighted by atomic mass is 16.1. The van der Waals surface area contributed by atoms with Crippen molar-refractivity contribution in [3.63, 3.8) is 0 Å². The number of piperazine rings is 1. The van der Waals surface area contributed by atoms with Crippen molar-refractivity contribution in [2.75, 3.05) is 44.2 Å². The summed E-state index contributed by atoms with van der Waals surface area (Å²) in [6.45, 7) is 6.34. The second kappa shape index (κ2) is 9.07. The van der Waals surface area contributed by atoms with E-state index in [0.29, 0.717) is 5.92 Å². The fourth-order valence-electron chi connectivity index (χ4n) is 3.95. The van der Waals surface area contributed by atoms with Crippen LogP contribution in [0.3, 0.4) is 0 Å². The molecule has 1 aromatic carbocycles. The number of rotatable bonds is 7. The Bertz CT molecular complexity index is 491. The van der Waals surface area contributed by atoms with E-state index in [1.807, 2.05) is 0 Å². The molecule has 0 bridgehead atoms. The Morgan fingerprint density at radius 2 is 1.75 bits per heavy atom. The van der Waals surface area contributed by atoms with Gasteiger partial charge in [-0.3, -0.25) is 9.69 Å². The molecule has 2 fully saturated rings. The number of hydrogen-bond acceptors (Lipinski definition) is 3. The summed E-state index contributed by atoms with van der Waals surface area (Å²) in [5.74, 6) is 0.909. The van der Waals surface area contributed by atoms with E-state index in [2.05, 4.69) is 45.4 Å². The van der Waals surface area contributed by atoms with Crippen molar-refractivity contribution in [2.45, 2.75) is 38.5 Å². The Morgan fingerprint density at radius 3 is 2.46 bits per heavy atom. The summed E-state index contributed by atoms with van der Waals surface area (Å²) in [5.41, 5.74) is 1.33. The Labute approximate surface area is 146 Å². The molecule has 1 heterocycles. The third-order valence-corrected chi connectivity index (χ3v) is 5.42. The van der Waals surface area contributed by atoms with E-state index in [0.717, 1.165) is 52.1 Å². The van der Waals surface area contributed by atoms with Crippen molar-refractivity contribution < 1.29 is 4.79 Å². The number of carbonyl (C=O) groups is 1. The van der Waals surface area contributed by atoms with Gasteiger partial charge in [0.1, 0.15) is 0 Å². The fraction of sp³-hybridized carbons (Fsp3) is 0.650. The summed E-state index contributed by atoms with van der Waals surface area (Å²) in [7, 11) is 0. The first-order valence-corrected chi connectivity index (χ1v) is 9.60. The average Bonchev–Trinajstić information content (AvgIpc) is 3.13. The van der Waals surface area contributed by atoms with Gasteiger partial charge in [0.15, 0.2) is 0 Å². The molecule has 0 radical (unpaired) electrons. The van der Waals surface area contributed by atoms with Crippen LogP contribution in [0.5, 0.6) is 0 Å². The average molecular weight is 329 g/mol. The minimum atomic E-state index is 0.260. The van der Waals surface area contributed by atoms with Crippen molar-refractivity contribution in [1.29, 1.82) is 0 Å². The van der Waals surface area contributed by atoms with E-state index in [9.17, 15) is 4.79 Å². The molecular formula is C20H31N3O. The first-order chi connectivity index (χ1) is 11.8. The van der Waals surface area contributed by atoms with Gasteiger partial charge in [-0.1, -0.05) is 31.0 Å². The lowest BCUT2D eigenvalue weighted by Gasteiger charge is -2.36. The van der Waals surface area contributed by atoms with Crippen LogP contribution in [0.1, 0.15) is 38.5 Å². The number of carbonyl (C=O) groups excluding carboxylic acids is 1. The zero-order valence-electron chi connectivity index (χ0n) is 14.8. The van der Waals surface area contributed by atoms with Crippen LogP contribution >= 0.6 is 0 Å². The predicted octanol–water partition coefficient (Wildman–Crippen LogP) is 2.90. The lowest BCUT2D eigenvalue weighted by Crippen LogP contribution is -2.47. The Morgan fingerprint density at radius 1 is 1.04 bits per heavy atom. The lowest BCUT2D eigenvalue weighted by atomic mass is 10.0. The monoisotopic (exact) mass is 329 g/mol. The zero-order chi connectivity index (χ0) is 16.6. The minimum Gasteiger partial charge on any atom is -0.369 e. The SMILES string of the molecule is O=C(CC1CCCC1)NCCCN1CCN(c2ccccc2)CC1. The third-order valence-electron chi connectivity index (χ3n) is 5.42. The number of anilines is 1. The first-order valence-electron chi connectivity index (χ1n) is 9.60. The topological polar surface area (TPSA) is 35.6 Å². The Hall–Kier alpha value is -1.55. The van der Waals surface area contributed by atoms with Crippen molar-refractivity contribution in [2.24, 2.45) is 5.92 Å². The molecule has 3 rings (SSSR count). The van der Waals surface area contributed by atoms with Crippen LogP contribution in [0.4, 0.5) is 5.69 Å². The summed E-state index contributed by atoms with van der Waals surface area (Å²) >= 11 is 0. The Kier molecular flexibility index (Phi) is 6.53. The van der Waals surface area contributed by atoms with E-state index >= 15 is 0 Å². The molecule has 1 aromatic rings. The molecule has 1 saturated carbocycles. The van der Waals surface area contributed by atoms with E-state index in [-0.39, 0.29) is 5.91 Å². The van der Waals surface area contributed by atoms with E-state index < -0.39 is 0 Å². The summed E-state index contributed by atoms with van der Waals surface area (Å²) in [5, 5.41) is 3.11. The lowest BCUT2D eigenvalue weighted by molar-refractivity contribution is -0.122. The van der Waals surface area contributed by atoms with Crippen molar-refractivity contribution in [3.05, 3.63) is 30.3 Å². The minimum absolute atomic E-state index is 0.260. The van der Waals surface area contributed by atoms with Crippen molar-refractivity contribution in [3.8, 4) is 0 Å². The molecule has 1 saturated heterocycles. The third kappa shape index (κ3) is 5.23. The summed E-state index contributed by atoms with van der Waals surface area (Å²) in [6, 6.07) is 10.7. The van der Waals surface area contributed by atoms with Crippen LogP contribution in [-0.2, 0) is 4.79 Å². The van der Waals surface area contributed by atoms with Gasteiger partial charge in [0.2, 0.25) is 5.91 Å². The number of para-hydroxylation sites is 1. The van der Waals surface area contributed by atoms with Gasteiger partial charge in [-0.25, -0.2) is 0 Å². The molecule has 1 N–H and O–H groups in total.